The van der Waals surface area contributed by atoms with Crippen molar-refractivity contribution in [2.24, 2.45) is 0 Å². The molecule has 2 aromatic heterocycles. The first-order chi connectivity index (χ1) is 29.2. The van der Waals surface area contributed by atoms with Gasteiger partial charge in [-0.25, -0.2) is 4.98 Å². The van der Waals surface area contributed by atoms with Gasteiger partial charge in [0.25, 0.3) is 0 Å². The highest BCUT2D eigenvalue weighted by atomic mass is 15.0. The number of hydrogen-bond acceptors (Lipinski definition) is 2. The Balaban J connectivity index is 0.922. The van der Waals surface area contributed by atoms with Crippen LogP contribution in [0, 0.1) is 0 Å². The Hall–Kier alpha value is -7.88. The van der Waals surface area contributed by atoms with Crippen molar-refractivity contribution in [1.82, 2.24) is 14.5 Å². The zero-order valence-electron chi connectivity index (χ0n) is 32.0. The molecule has 274 valence electrons. The lowest BCUT2D eigenvalue weighted by molar-refractivity contribution is 1.20. The van der Waals surface area contributed by atoms with Crippen molar-refractivity contribution in [3.63, 3.8) is 0 Å². The van der Waals surface area contributed by atoms with Gasteiger partial charge in [0.2, 0.25) is 0 Å². The van der Waals surface area contributed by atoms with E-state index in [2.05, 4.69) is 211 Å². The Kier molecular flexibility index (Phi) is 7.54. The van der Waals surface area contributed by atoms with Crippen LogP contribution in [0.25, 0.3) is 115 Å². The SMILES string of the molecule is c1cc(-c2cccc(-c3ccc4c5ccccc5n(-c5cccc6ccccc56)c4c3)c2)cc(-c2cccc(-c3cnc4c5ccccc5c5ccccc5c4n3)c2)c1. The zero-order chi connectivity index (χ0) is 38.9. The molecule has 0 spiro atoms. The first-order valence-corrected chi connectivity index (χ1v) is 20.1. The summed E-state index contributed by atoms with van der Waals surface area (Å²) in [6.45, 7) is 0. The van der Waals surface area contributed by atoms with E-state index in [1.165, 1.54) is 71.3 Å². The summed E-state index contributed by atoms with van der Waals surface area (Å²) in [4.78, 5) is 10.3. The van der Waals surface area contributed by atoms with Gasteiger partial charge in [0, 0.05) is 32.5 Å². The van der Waals surface area contributed by atoms with E-state index in [1.807, 2.05) is 6.20 Å². The summed E-state index contributed by atoms with van der Waals surface area (Å²) >= 11 is 0. The van der Waals surface area contributed by atoms with Crippen molar-refractivity contribution in [1.29, 1.82) is 0 Å². The van der Waals surface area contributed by atoms with Crippen LogP contribution in [0.4, 0.5) is 0 Å². The summed E-state index contributed by atoms with van der Waals surface area (Å²) in [5.41, 5.74) is 14.4. The molecule has 59 heavy (non-hydrogen) atoms. The summed E-state index contributed by atoms with van der Waals surface area (Å²) in [7, 11) is 0. The smallest absolute Gasteiger partial charge is 0.0979 e. The number of rotatable bonds is 5. The van der Waals surface area contributed by atoms with Crippen molar-refractivity contribution in [3.05, 3.63) is 212 Å². The van der Waals surface area contributed by atoms with Gasteiger partial charge in [0.1, 0.15) is 0 Å². The molecule has 0 fully saturated rings. The van der Waals surface area contributed by atoms with E-state index in [0.717, 1.165) is 44.2 Å². The van der Waals surface area contributed by atoms with Crippen LogP contribution in [0.15, 0.2) is 212 Å². The van der Waals surface area contributed by atoms with Crippen molar-refractivity contribution in [2.45, 2.75) is 0 Å². The summed E-state index contributed by atoms with van der Waals surface area (Å²) in [5, 5.41) is 9.62. The monoisotopic (exact) mass is 749 g/mol. The molecule has 3 heteroatoms. The second-order valence-corrected chi connectivity index (χ2v) is 15.4. The molecule has 0 saturated carbocycles. The topological polar surface area (TPSA) is 30.7 Å². The lowest BCUT2D eigenvalue weighted by atomic mass is 9.95. The minimum Gasteiger partial charge on any atom is -0.309 e. The van der Waals surface area contributed by atoms with E-state index in [4.69, 9.17) is 9.97 Å². The highest BCUT2D eigenvalue weighted by Gasteiger charge is 2.16. The molecule has 0 radical (unpaired) electrons. The standard InChI is InChI=1S/C56H35N3/c1-2-21-44-36(13-1)14-12-28-52(44)59-53-27-8-7-24-47(53)48-30-29-42(34-54(48)59)40-18-10-16-38(32-40)37-15-9-17-39(31-37)41-19-11-20-43(33-41)51-35-57-55-49-25-5-3-22-45(49)46-23-4-6-26-50(46)56(55)58-51/h1-35H. The highest BCUT2D eigenvalue weighted by molar-refractivity contribution is 6.23. The molecular formula is C56H35N3. The fraction of sp³-hybridized carbons (Fsp3) is 0. The van der Waals surface area contributed by atoms with Crippen LogP contribution in [0.2, 0.25) is 0 Å². The van der Waals surface area contributed by atoms with Crippen molar-refractivity contribution < 1.29 is 0 Å². The minimum atomic E-state index is 0.861. The van der Waals surface area contributed by atoms with E-state index in [1.54, 1.807) is 0 Å². The summed E-state index contributed by atoms with van der Waals surface area (Å²) in [6, 6.07) is 74.4. The maximum absolute atomic E-state index is 5.27. The second kappa shape index (κ2) is 13.4. The largest absolute Gasteiger partial charge is 0.309 e. The van der Waals surface area contributed by atoms with Crippen LogP contribution in [-0.4, -0.2) is 14.5 Å². The molecule has 2 heterocycles. The first kappa shape index (κ1) is 33.3. The summed E-state index contributed by atoms with van der Waals surface area (Å²) in [6.07, 6.45) is 1.92. The second-order valence-electron chi connectivity index (χ2n) is 15.4. The Bertz CT molecular complexity index is 3590. The number of hydrogen-bond donors (Lipinski definition) is 0. The zero-order valence-corrected chi connectivity index (χ0v) is 32.0. The van der Waals surface area contributed by atoms with Gasteiger partial charge in [-0.1, -0.05) is 170 Å². The van der Waals surface area contributed by atoms with Crippen molar-refractivity contribution in [3.8, 4) is 50.3 Å². The predicted octanol–water partition coefficient (Wildman–Crippen LogP) is 14.9. The van der Waals surface area contributed by atoms with Crippen LogP contribution in [0.5, 0.6) is 0 Å². The quantitative estimate of drug-likeness (QED) is 0.164. The van der Waals surface area contributed by atoms with E-state index < -0.39 is 0 Å². The van der Waals surface area contributed by atoms with Gasteiger partial charge in [-0.05, 0) is 85.9 Å². The van der Waals surface area contributed by atoms with Gasteiger partial charge in [0.05, 0.1) is 39.6 Å². The number of aromatic nitrogens is 3. The third kappa shape index (κ3) is 5.44. The summed E-state index contributed by atoms with van der Waals surface area (Å²) in [5.74, 6) is 0. The first-order valence-electron chi connectivity index (χ1n) is 20.1. The molecule has 0 aliphatic rings. The Morgan fingerprint density at radius 2 is 0.780 bits per heavy atom. The fourth-order valence-electron chi connectivity index (χ4n) is 9.19. The van der Waals surface area contributed by atoms with Gasteiger partial charge in [-0.2, -0.15) is 0 Å². The maximum Gasteiger partial charge on any atom is 0.0979 e. The number of fused-ring (bicyclic) bond motifs is 10. The van der Waals surface area contributed by atoms with E-state index in [0.29, 0.717) is 0 Å². The van der Waals surface area contributed by atoms with Crippen LogP contribution >= 0.6 is 0 Å². The molecule has 12 aromatic rings. The van der Waals surface area contributed by atoms with Gasteiger partial charge in [-0.3, -0.25) is 4.98 Å². The average molecular weight is 750 g/mol. The predicted molar refractivity (Wildman–Crippen MR) is 248 cm³/mol. The Morgan fingerprint density at radius 1 is 0.305 bits per heavy atom. The van der Waals surface area contributed by atoms with Crippen LogP contribution in [0.3, 0.4) is 0 Å². The van der Waals surface area contributed by atoms with E-state index in [9.17, 15) is 0 Å². The number of benzene rings is 10. The van der Waals surface area contributed by atoms with Gasteiger partial charge < -0.3 is 4.57 Å². The van der Waals surface area contributed by atoms with Gasteiger partial charge >= 0.3 is 0 Å². The van der Waals surface area contributed by atoms with Crippen LogP contribution in [0.1, 0.15) is 0 Å². The van der Waals surface area contributed by atoms with Crippen molar-refractivity contribution in [2.75, 3.05) is 0 Å². The number of para-hydroxylation sites is 1. The molecule has 10 aromatic carbocycles. The normalized spacial score (nSPS) is 11.7. The molecule has 0 atom stereocenters. The molecule has 0 aliphatic heterocycles. The molecule has 0 aliphatic carbocycles. The maximum atomic E-state index is 5.27. The molecule has 0 saturated heterocycles. The number of nitrogens with zero attached hydrogens (tertiary/aromatic N) is 3. The van der Waals surface area contributed by atoms with E-state index in [-0.39, 0.29) is 0 Å². The molecule has 12 rings (SSSR count). The molecule has 0 N–H and O–H groups in total. The van der Waals surface area contributed by atoms with Crippen molar-refractivity contribution >= 4 is 65.2 Å². The van der Waals surface area contributed by atoms with Gasteiger partial charge in [-0.15, -0.1) is 0 Å². The lowest BCUT2D eigenvalue weighted by Gasteiger charge is -2.13. The Morgan fingerprint density at radius 3 is 1.46 bits per heavy atom. The third-order valence-corrected chi connectivity index (χ3v) is 12.0. The molecule has 0 unspecified atom stereocenters. The minimum absolute atomic E-state index is 0.861. The average Bonchev–Trinajstić information content (AvgIpc) is 3.65. The molecule has 3 nitrogen and oxygen atoms in total. The molecule has 0 bridgehead atoms. The van der Waals surface area contributed by atoms with Crippen LogP contribution in [-0.2, 0) is 0 Å². The third-order valence-electron chi connectivity index (χ3n) is 12.0. The lowest BCUT2D eigenvalue weighted by Crippen LogP contribution is -1.95. The van der Waals surface area contributed by atoms with E-state index >= 15 is 0 Å². The van der Waals surface area contributed by atoms with Gasteiger partial charge in [0.15, 0.2) is 0 Å². The highest BCUT2D eigenvalue weighted by Crippen LogP contribution is 2.39. The fourth-order valence-corrected chi connectivity index (χ4v) is 9.19. The summed E-state index contributed by atoms with van der Waals surface area (Å²) < 4.78 is 2.44. The Labute approximate surface area is 341 Å². The molecular weight excluding hydrogens is 715 g/mol. The molecule has 0 amide bonds. The van der Waals surface area contributed by atoms with Crippen LogP contribution < -0.4 is 0 Å².